The first-order valence-electron chi connectivity index (χ1n) is 4.87. The Morgan fingerprint density at radius 1 is 1.38 bits per heavy atom. The molecule has 0 saturated heterocycles. The third-order valence-corrected chi connectivity index (χ3v) is 3.18. The molecule has 16 heavy (non-hydrogen) atoms. The predicted molar refractivity (Wildman–Crippen MR) is 65.1 cm³/mol. The van der Waals surface area contributed by atoms with Crippen molar-refractivity contribution in [1.82, 2.24) is 10.4 Å². The predicted octanol–water partition coefficient (Wildman–Crippen LogP) is 1.78. The highest BCUT2D eigenvalue weighted by Crippen LogP contribution is 2.31. The molecule has 1 aromatic heterocycles. The van der Waals surface area contributed by atoms with Crippen LogP contribution in [0.1, 0.15) is 4.88 Å². The maximum atomic E-state index is 5.35. The molecular weight excluding hydrogens is 222 g/mol. The lowest BCUT2D eigenvalue weighted by molar-refractivity contribution is 0.412. The summed E-state index contributed by atoms with van der Waals surface area (Å²) in [4.78, 5) is 5.49. The summed E-state index contributed by atoms with van der Waals surface area (Å²) in [7, 11) is 1.62. The number of hydrogen-bond donors (Lipinski definition) is 2. The first-order chi connectivity index (χ1) is 7.85. The normalized spacial score (nSPS) is 10.4. The van der Waals surface area contributed by atoms with Crippen molar-refractivity contribution in [3.63, 3.8) is 0 Å². The van der Waals surface area contributed by atoms with Crippen LogP contribution in [0.5, 0.6) is 5.19 Å². The summed E-state index contributed by atoms with van der Waals surface area (Å²) in [5.41, 5.74) is 4.65. The van der Waals surface area contributed by atoms with E-state index in [2.05, 4.69) is 10.4 Å². The van der Waals surface area contributed by atoms with Gasteiger partial charge in [0, 0.05) is 12.1 Å². The van der Waals surface area contributed by atoms with Gasteiger partial charge in [-0.25, -0.2) is 4.98 Å². The molecule has 0 aliphatic rings. The Kier molecular flexibility index (Phi) is 3.51. The van der Waals surface area contributed by atoms with E-state index in [1.54, 1.807) is 7.11 Å². The number of nitrogens with two attached hydrogens (primary N) is 1. The SMILES string of the molecule is COc1nc(-c2ccccc2)c(CNN)s1. The van der Waals surface area contributed by atoms with Crippen molar-refractivity contribution in [3.8, 4) is 16.5 Å². The number of benzene rings is 1. The summed E-state index contributed by atoms with van der Waals surface area (Å²) in [6.45, 7) is 0.589. The summed E-state index contributed by atoms with van der Waals surface area (Å²) >= 11 is 1.50. The topological polar surface area (TPSA) is 60.2 Å². The molecule has 2 aromatic rings. The van der Waals surface area contributed by atoms with Gasteiger partial charge in [0.1, 0.15) is 0 Å². The summed E-state index contributed by atoms with van der Waals surface area (Å²) < 4.78 is 5.14. The van der Waals surface area contributed by atoms with Crippen LogP contribution in [0.15, 0.2) is 30.3 Å². The molecule has 2 rings (SSSR count). The summed E-state index contributed by atoms with van der Waals surface area (Å²) in [5.74, 6) is 5.35. The highest BCUT2D eigenvalue weighted by Gasteiger charge is 2.12. The number of methoxy groups -OCH3 is 1. The molecule has 0 spiro atoms. The Bertz CT molecular complexity index is 456. The second-order valence-corrected chi connectivity index (χ2v) is 4.25. The van der Waals surface area contributed by atoms with Crippen LogP contribution in [-0.4, -0.2) is 12.1 Å². The lowest BCUT2D eigenvalue weighted by Crippen LogP contribution is -2.20. The average Bonchev–Trinajstić information content (AvgIpc) is 2.74. The average molecular weight is 235 g/mol. The van der Waals surface area contributed by atoms with Crippen molar-refractivity contribution >= 4 is 11.3 Å². The Morgan fingerprint density at radius 2 is 2.12 bits per heavy atom. The molecule has 0 atom stereocenters. The fourth-order valence-corrected chi connectivity index (χ4v) is 2.30. The lowest BCUT2D eigenvalue weighted by Gasteiger charge is -2.00. The maximum absolute atomic E-state index is 5.35. The van der Waals surface area contributed by atoms with Gasteiger partial charge in [0.15, 0.2) is 0 Å². The molecule has 84 valence electrons. The van der Waals surface area contributed by atoms with Gasteiger partial charge in [0.05, 0.1) is 17.7 Å². The van der Waals surface area contributed by atoms with Gasteiger partial charge < -0.3 is 4.74 Å². The van der Waals surface area contributed by atoms with Crippen molar-refractivity contribution < 1.29 is 4.74 Å². The number of thiazole rings is 1. The zero-order valence-electron chi connectivity index (χ0n) is 8.93. The number of nitrogens with one attached hydrogen (secondary N) is 1. The highest BCUT2D eigenvalue weighted by atomic mass is 32.1. The molecule has 0 fully saturated rings. The maximum Gasteiger partial charge on any atom is 0.273 e. The van der Waals surface area contributed by atoms with E-state index < -0.39 is 0 Å². The number of ether oxygens (including phenoxy) is 1. The van der Waals surface area contributed by atoms with E-state index in [1.807, 2.05) is 30.3 Å². The minimum atomic E-state index is 0.589. The fourth-order valence-electron chi connectivity index (χ4n) is 1.45. The third-order valence-electron chi connectivity index (χ3n) is 2.16. The summed E-state index contributed by atoms with van der Waals surface area (Å²) in [6, 6.07) is 10.00. The molecule has 0 radical (unpaired) electrons. The molecule has 0 amide bonds. The highest BCUT2D eigenvalue weighted by molar-refractivity contribution is 7.13. The minimum Gasteiger partial charge on any atom is -0.473 e. The van der Waals surface area contributed by atoms with E-state index >= 15 is 0 Å². The molecule has 3 N–H and O–H groups in total. The monoisotopic (exact) mass is 235 g/mol. The van der Waals surface area contributed by atoms with E-state index in [9.17, 15) is 0 Å². The Labute approximate surface area is 98.1 Å². The smallest absolute Gasteiger partial charge is 0.273 e. The zero-order valence-corrected chi connectivity index (χ0v) is 9.75. The molecule has 0 aliphatic carbocycles. The van der Waals surface area contributed by atoms with Crippen LogP contribution in [0, 0.1) is 0 Å². The molecular formula is C11H13N3OS. The van der Waals surface area contributed by atoms with Gasteiger partial charge in [-0.3, -0.25) is 11.3 Å². The van der Waals surface area contributed by atoms with Crippen molar-refractivity contribution in [2.75, 3.05) is 7.11 Å². The Balaban J connectivity index is 2.42. The van der Waals surface area contributed by atoms with Crippen LogP contribution < -0.4 is 16.0 Å². The number of aromatic nitrogens is 1. The lowest BCUT2D eigenvalue weighted by atomic mass is 10.1. The van der Waals surface area contributed by atoms with Crippen LogP contribution in [0.3, 0.4) is 0 Å². The van der Waals surface area contributed by atoms with Gasteiger partial charge in [-0.15, -0.1) is 0 Å². The van der Waals surface area contributed by atoms with Crippen LogP contribution in [-0.2, 0) is 6.54 Å². The van der Waals surface area contributed by atoms with Crippen LogP contribution >= 0.6 is 11.3 Å². The van der Waals surface area contributed by atoms with Crippen LogP contribution in [0.4, 0.5) is 0 Å². The van der Waals surface area contributed by atoms with Gasteiger partial charge in [-0.05, 0) is 0 Å². The van der Waals surface area contributed by atoms with Crippen molar-refractivity contribution in [2.45, 2.75) is 6.54 Å². The van der Waals surface area contributed by atoms with Crippen molar-refractivity contribution in [3.05, 3.63) is 35.2 Å². The molecule has 1 heterocycles. The standard InChI is InChI=1S/C11H13N3OS/c1-15-11-14-10(9(16-11)7-13-12)8-5-3-2-4-6-8/h2-6,13H,7,12H2,1H3. The van der Waals surface area contributed by atoms with Gasteiger partial charge in [-0.2, -0.15) is 0 Å². The molecule has 0 saturated carbocycles. The summed E-state index contributed by atoms with van der Waals surface area (Å²) in [5, 5.41) is 0.657. The molecule has 0 bridgehead atoms. The van der Waals surface area contributed by atoms with E-state index in [0.717, 1.165) is 16.1 Å². The van der Waals surface area contributed by atoms with Crippen molar-refractivity contribution in [2.24, 2.45) is 5.84 Å². The van der Waals surface area contributed by atoms with E-state index in [1.165, 1.54) is 11.3 Å². The molecule has 5 heteroatoms. The summed E-state index contributed by atoms with van der Waals surface area (Å²) in [6.07, 6.45) is 0. The number of hydrogen-bond acceptors (Lipinski definition) is 5. The van der Waals surface area contributed by atoms with E-state index in [0.29, 0.717) is 11.7 Å². The van der Waals surface area contributed by atoms with Gasteiger partial charge in [0.2, 0.25) is 0 Å². The van der Waals surface area contributed by atoms with Crippen LogP contribution in [0.25, 0.3) is 11.3 Å². The first-order valence-corrected chi connectivity index (χ1v) is 5.69. The van der Waals surface area contributed by atoms with Crippen LogP contribution in [0.2, 0.25) is 0 Å². The number of hydrazine groups is 1. The molecule has 1 aromatic carbocycles. The largest absolute Gasteiger partial charge is 0.473 e. The molecule has 0 aliphatic heterocycles. The zero-order chi connectivity index (χ0) is 11.4. The Hall–Kier alpha value is -1.43. The molecule has 0 unspecified atom stereocenters. The van der Waals surface area contributed by atoms with Gasteiger partial charge in [0.25, 0.3) is 5.19 Å². The van der Waals surface area contributed by atoms with Crippen molar-refractivity contribution in [1.29, 1.82) is 0 Å². The second kappa shape index (κ2) is 5.07. The van der Waals surface area contributed by atoms with E-state index in [-0.39, 0.29) is 0 Å². The third kappa shape index (κ3) is 2.21. The molecule has 4 nitrogen and oxygen atoms in total. The second-order valence-electron chi connectivity index (χ2n) is 3.20. The Morgan fingerprint density at radius 3 is 2.75 bits per heavy atom. The first kappa shape index (κ1) is 11.1. The van der Waals surface area contributed by atoms with Gasteiger partial charge >= 0.3 is 0 Å². The quantitative estimate of drug-likeness (QED) is 0.626. The van der Waals surface area contributed by atoms with Gasteiger partial charge in [-0.1, -0.05) is 41.7 Å². The number of nitrogens with zero attached hydrogens (tertiary/aromatic N) is 1. The fraction of sp³-hybridized carbons (Fsp3) is 0.182. The number of rotatable bonds is 4. The minimum absolute atomic E-state index is 0.589. The van der Waals surface area contributed by atoms with E-state index in [4.69, 9.17) is 10.6 Å².